The minimum atomic E-state index is 0.247. The molecule has 0 spiro atoms. The van der Waals surface area contributed by atoms with Gasteiger partial charge in [0.15, 0.2) is 0 Å². The highest BCUT2D eigenvalue weighted by atomic mass is 79.9. The third-order valence-corrected chi connectivity index (χ3v) is 4.19. The molecule has 3 nitrogen and oxygen atoms in total. The summed E-state index contributed by atoms with van der Waals surface area (Å²) in [5, 5.41) is 9.29. The van der Waals surface area contributed by atoms with E-state index in [0.29, 0.717) is 5.92 Å². The number of anilines is 2. The van der Waals surface area contributed by atoms with Crippen LogP contribution in [-0.2, 0) is 0 Å². The number of benzene rings is 1. The Morgan fingerprint density at radius 2 is 2.00 bits per heavy atom. The molecule has 0 aliphatic carbocycles. The Bertz CT molecular complexity index is 425. The molecule has 1 aromatic rings. The summed E-state index contributed by atoms with van der Waals surface area (Å²) in [4.78, 5) is 4.85. The quantitative estimate of drug-likeness (QED) is 0.920. The molecule has 0 fully saturated rings. The van der Waals surface area contributed by atoms with Gasteiger partial charge in [-0.1, -0.05) is 22.9 Å². The zero-order valence-corrected chi connectivity index (χ0v) is 13.4. The maximum atomic E-state index is 9.29. The summed E-state index contributed by atoms with van der Waals surface area (Å²) in [6.45, 7) is 8.67. The van der Waals surface area contributed by atoms with Gasteiger partial charge >= 0.3 is 0 Å². The molecule has 0 saturated heterocycles. The highest BCUT2D eigenvalue weighted by Gasteiger charge is 2.21. The van der Waals surface area contributed by atoms with Gasteiger partial charge in [-0.25, -0.2) is 0 Å². The van der Waals surface area contributed by atoms with E-state index in [2.05, 4.69) is 57.8 Å². The van der Waals surface area contributed by atoms with Gasteiger partial charge in [0.25, 0.3) is 0 Å². The first-order chi connectivity index (χ1) is 9.15. The first kappa shape index (κ1) is 14.7. The van der Waals surface area contributed by atoms with Gasteiger partial charge in [-0.15, -0.1) is 0 Å². The number of nitrogens with zero attached hydrogens (tertiary/aromatic N) is 2. The van der Waals surface area contributed by atoms with Crippen molar-refractivity contribution in [3.8, 4) is 0 Å². The molecule has 1 aliphatic rings. The van der Waals surface area contributed by atoms with Gasteiger partial charge in [0.2, 0.25) is 0 Å². The van der Waals surface area contributed by atoms with Crippen molar-refractivity contribution in [1.29, 1.82) is 0 Å². The number of hydrogen-bond acceptors (Lipinski definition) is 3. The number of halogens is 1. The first-order valence-electron chi connectivity index (χ1n) is 7.06. The molecule has 0 amide bonds. The van der Waals surface area contributed by atoms with Crippen LogP contribution >= 0.6 is 15.9 Å². The van der Waals surface area contributed by atoms with Crippen LogP contribution in [0, 0.1) is 5.92 Å². The van der Waals surface area contributed by atoms with Crippen LogP contribution in [0.15, 0.2) is 22.7 Å². The molecule has 4 heteroatoms. The molecule has 1 N–H and O–H groups in total. The monoisotopic (exact) mass is 326 g/mol. The minimum absolute atomic E-state index is 0.247. The molecule has 0 bridgehead atoms. The van der Waals surface area contributed by atoms with Crippen molar-refractivity contribution in [2.45, 2.75) is 20.3 Å². The first-order valence-corrected chi connectivity index (χ1v) is 7.85. The van der Waals surface area contributed by atoms with Crippen molar-refractivity contribution in [2.24, 2.45) is 5.92 Å². The van der Waals surface area contributed by atoms with E-state index in [1.54, 1.807) is 0 Å². The zero-order chi connectivity index (χ0) is 13.8. The molecular weight excluding hydrogens is 304 g/mol. The lowest BCUT2D eigenvalue weighted by Crippen LogP contribution is -2.30. The third kappa shape index (κ3) is 3.42. The molecular formula is C15H23BrN2O. The fourth-order valence-electron chi connectivity index (χ4n) is 2.66. The summed E-state index contributed by atoms with van der Waals surface area (Å²) >= 11 is 3.57. The van der Waals surface area contributed by atoms with Gasteiger partial charge in [0.05, 0.1) is 11.4 Å². The molecule has 1 aromatic carbocycles. The van der Waals surface area contributed by atoms with Gasteiger partial charge in [-0.3, -0.25) is 0 Å². The highest BCUT2D eigenvalue weighted by Crippen LogP contribution is 2.35. The predicted molar refractivity (Wildman–Crippen MR) is 85.1 cm³/mol. The van der Waals surface area contributed by atoms with Gasteiger partial charge in [-0.05, 0) is 37.5 Å². The summed E-state index contributed by atoms with van der Waals surface area (Å²) in [6, 6.07) is 6.51. The highest BCUT2D eigenvalue weighted by molar-refractivity contribution is 9.10. The van der Waals surface area contributed by atoms with Crippen LogP contribution in [0.3, 0.4) is 0 Å². The van der Waals surface area contributed by atoms with Crippen LogP contribution in [0.2, 0.25) is 0 Å². The van der Waals surface area contributed by atoms with E-state index >= 15 is 0 Å². The van der Waals surface area contributed by atoms with Crippen molar-refractivity contribution in [2.75, 3.05) is 42.6 Å². The average Bonchev–Trinajstić information content (AvgIpc) is 2.58. The van der Waals surface area contributed by atoms with Crippen LogP contribution in [-0.4, -0.2) is 37.9 Å². The summed E-state index contributed by atoms with van der Waals surface area (Å²) in [7, 11) is 0. The molecule has 1 aliphatic heterocycles. The van der Waals surface area contributed by atoms with E-state index in [9.17, 15) is 5.11 Å². The number of hydrogen-bond donors (Lipinski definition) is 1. The second kappa shape index (κ2) is 6.62. The van der Waals surface area contributed by atoms with Gasteiger partial charge in [0.1, 0.15) is 0 Å². The average molecular weight is 327 g/mol. The Labute approximate surface area is 124 Å². The Balaban J connectivity index is 2.33. The topological polar surface area (TPSA) is 26.7 Å². The Morgan fingerprint density at radius 1 is 1.26 bits per heavy atom. The number of aliphatic hydroxyl groups excluding tert-OH is 1. The molecule has 0 radical (unpaired) electrons. The summed E-state index contributed by atoms with van der Waals surface area (Å²) in [5.74, 6) is 0.306. The molecule has 1 heterocycles. The molecule has 1 unspecified atom stereocenters. The summed E-state index contributed by atoms with van der Waals surface area (Å²) in [6.07, 6.45) is 1.16. The van der Waals surface area contributed by atoms with E-state index in [4.69, 9.17) is 0 Å². The minimum Gasteiger partial charge on any atom is -0.396 e. The van der Waals surface area contributed by atoms with E-state index in [1.165, 1.54) is 11.4 Å². The number of rotatable bonds is 4. The SMILES string of the molecule is CCN1CCCN(CC(C)CO)c2cc(Br)ccc21. The summed E-state index contributed by atoms with van der Waals surface area (Å²) in [5.41, 5.74) is 2.60. The van der Waals surface area contributed by atoms with Crippen molar-refractivity contribution >= 4 is 27.3 Å². The fourth-order valence-corrected chi connectivity index (χ4v) is 3.01. The predicted octanol–water partition coefficient (Wildman–Crippen LogP) is 3.11. The smallest absolute Gasteiger partial charge is 0.0615 e. The second-order valence-electron chi connectivity index (χ2n) is 5.30. The number of fused-ring (bicyclic) bond motifs is 1. The zero-order valence-electron chi connectivity index (χ0n) is 11.8. The molecule has 19 heavy (non-hydrogen) atoms. The standard InChI is InChI=1S/C15H23BrN2O/c1-3-17-7-4-8-18(10-12(2)11-19)15-9-13(16)5-6-14(15)17/h5-6,9,12,19H,3-4,7-8,10-11H2,1-2H3. The maximum Gasteiger partial charge on any atom is 0.0615 e. The lowest BCUT2D eigenvalue weighted by Gasteiger charge is -2.29. The van der Waals surface area contributed by atoms with Crippen molar-refractivity contribution < 1.29 is 5.11 Å². The van der Waals surface area contributed by atoms with Gasteiger partial charge in [0, 0.05) is 37.3 Å². The largest absolute Gasteiger partial charge is 0.396 e. The van der Waals surface area contributed by atoms with Crippen LogP contribution in [0.5, 0.6) is 0 Å². The van der Waals surface area contributed by atoms with Crippen LogP contribution in [0.4, 0.5) is 11.4 Å². The number of aliphatic hydroxyl groups is 1. The fraction of sp³-hybridized carbons (Fsp3) is 0.600. The third-order valence-electron chi connectivity index (χ3n) is 3.70. The normalized spacial score (nSPS) is 17.1. The van der Waals surface area contributed by atoms with Crippen molar-refractivity contribution in [1.82, 2.24) is 0 Å². The van der Waals surface area contributed by atoms with E-state index in [0.717, 1.165) is 37.1 Å². The van der Waals surface area contributed by atoms with E-state index < -0.39 is 0 Å². The molecule has 106 valence electrons. The summed E-state index contributed by atoms with van der Waals surface area (Å²) < 4.78 is 1.12. The Kier molecular flexibility index (Phi) is 5.11. The van der Waals surface area contributed by atoms with Gasteiger partial charge < -0.3 is 14.9 Å². The van der Waals surface area contributed by atoms with E-state index in [-0.39, 0.29) is 6.61 Å². The molecule has 2 rings (SSSR count). The maximum absolute atomic E-state index is 9.29. The Morgan fingerprint density at radius 3 is 2.68 bits per heavy atom. The van der Waals surface area contributed by atoms with Crippen LogP contribution < -0.4 is 9.80 Å². The lowest BCUT2D eigenvalue weighted by molar-refractivity contribution is 0.239. The van der Waals surface area contributed by atoms with Crippen molar-refractivity contribution in [3.63, 3.8) is 0 Å². The molecule has 0 saturated carbocycles. The van der Waals surface area contributed by atoms with E-state index in [1.807, 2.05) is 0 Å². The molecule has 0 aromatic heterocycles. The van der Waals surface area contributed by atoms with Crippen LogP contribution in [0.1, 0.15) is 20.3 Å². The van der Waals surface area contributed by atoms with Crippen LogP contribution in [0.25, 0.3) is 0 Å². The van der Waals surface area contributed by atoms with Gasteiger partial charge in [-0.2, -0.15) is 0 Å². The Hall–Kier alpha value is -0.740. The second-order valence-corrected chi connectivity index (χ2v) is 6.22. The lowest BCUT2D eigenvalue weighted by atomic mass is 10.1. The van der Waals surface area contributed by atoms with Crippen molar-refractivity contribution in [3.05, 3.63) is 22.7 Å². The molecule has 1 atom stereocenters.